The predicted molar refractivity (Wildman–Crippen MR) is 70.0 cm³/mol. The molecule has 1 fully saturated rings. The zero-order valence-corrected chi connectivity index (χ0v) is 11.7. The highest BCUT2D eigenvalue weighted by Crippen LogP contribution is 2.24. The molecule has 0 aromatic carbocycles. The van der Waals surface area contributed by atoms with Crippen LogP contribution < -0.4 is 0 Å². The number of unbranched alkanes of at least 4 members (excludes halogenated alkanes) is 4. The lowest BCUT2D eigenvalue weighted by molar-refractivity contribution is -0.332. The van der Waals surface area contributed by atoms with Gasteiger partial charge in [0, 0.05) is 0 Å². The molecular weight excluding hydrogens is 232 g/mol. The zero-order chi connectivity index (χ0) is 13.4. The Bertz CT molecular complexity index is 188. The number of hydrogen-bond donors (Lipinski definition) is 2. The molecule has 4 nitrogen and oxygen atoms in total. The lowest BCUT2D eigenvalue weighted by Crippen LogP contribution is -2.49. The molecule has 4 heteroatoms. The first-order valence-corrected chi connectivity index (χ1v) is 7.36. The van der Waals surface area contributed by atoms with Crippen LogP contribution in [0.15, 0.2) is 0 Å². The predicted octanol–water partition coefficient (Wildman–Crippen LogP) is 2.57. The summed E-state index contributed by atoms with van der Waals surface area (Å²) in [7, 11) is 0. The minimum Gasteiger partial charge on any atom is -0.366 e. The lowest BCUT2D eigenvalue weighted by atomic mass is 10.1. The van der Waals surface area contributed by atoms with Crippen molar-refractivity contribution in [2.75, 3.05) is 0 Å². The second kappa shape index (κ2) is 8.86. The molecule has 0 aromatic rings. The van der Waals surface area contributed by atoms with Gasteiger partial charge < -0.3 is 19.7 Å². The summed E-state index contributed by atoms with van der Waals surface area (Å²) in [4.78, 5) is 0. The molecule has 4 unspecified atom stereocenters. The maximum atomic E-state index is 9.85. The number of ether oxygens (including phenoxy) is 2. The van der Waals surface area contributed by atoms with Crippen molar-refractivity contribution in [3.63, 3.8) is 0 Å². The van der Waals surface area contributed by atoms with Crippen LogP contribution in [0.3, 0.4) is 0 Å². The zero-order valence-electron chi connectivity index (χ0n) is 11.7. The SMILES string of the molecule is CCCCCC1OC(O)C(CCCCC)OC1O. The Morgan fingerprint density at radius 1 is 0.722 bits per heavy atom. The molecule has 18 heavy (non-hydrogen) atoms. The van der Waals surface area contributed by atoms with E-state index in [2.05, 4.69) is 13.8 Å². The first-order chi connectivity index (χ1) is 8.69. The normalized spacial score (nSPS) is 32.7. The van der Waals surface area contributed by atoms with E-state index in [4.69, 9.17) is 9.47 Å². The first kappa shape index (κ1) is 15.9. The van der Waals surface area contributed by atoms with Gasteiger partial charge >= 0.3 is 0 Å². The number of hydrogen-bond acceptors (Lipinski definition) is 4. The van der Waals surface area contributed by atoms with E-state index < -0.39 is 12.6 Å². The fourth-order valence-corrected chi connectivity index (χ4v) is 2.28. The summed E-state index contributed by atoms with van der Waals surface area (Å²) in [5, 5.41) is 19.7. The van der Waals surface area contributed by atoms with Gasteiger partial charge in [0.25, 0.3) is 0 Å². The molecule has 0 saturated carbocycles. The molecule has 0 bridgehead atoms. The van der Waals surface area contributed by atoms with Gasteiger partial charge in [0.1, 0.15) is 12.2 Å². The van der Waals surface area contributed by atoms with E-state index in [1.807, 2.05) is 0 Å². The summed E-state index contributed by atoms with van der Waals surface area (Å²) in [6.07, 6.45) is 5.42. The highest BCUT2D eigenvalue weighted by Gasteiger charge is 2.36. The van der Waals surface area contributed by atoms with E-state index >= 15 is 0 Å². The van der Waals surface area contributed by atoms with Crippen molar-refractivity contribution in [3.8, 4) is 0 Å². The van der Waals surface area contributed by atoms with Crippen LogP contribution in [0.5, 0.6) is 0 Å². The Balaban J connectivity index is 2.29. The maximum Gasteiger partial charge on any atom is 0.181 e. The fraction of sp³-hybridized carbons (Fsp3) is 1.00. The molecule has 0 aromatic heterocycles. The maximum absolute atomic E-state index is 9.85. The second-order valence-corrected chi connectivity index (χ2v) is 5.12. The molecule has 1 rings (SSSR count). The van der Waals surface area contributed by atoms with Crippen LogP contribution in [0.1, 0.15) is 65.2 Å². The van der Waals surface area contributed by atoms with E-state index in [1.54, 1.807) is 0 Å². The molecule has 2 N–H and O–H groups in total. The molecule has 4 atom stereocenters. The van der Waals surface area contributed by atoms with E-state index in [9.17, 15) is 10.2 Å². The van der Waals surface area contributed by atoms with E-state index in [-0.39, 0.29) is 12.2 Å². The van der Waals surface area contributed by atoms with Gasteiger partial charge in [-0.2, -0.15) is 0 Å². The van der Waals surface area contributed by atoms with Gasteiger partial charge in [0.05, 0.1) is 0 Å². The quantitative estimate of drug-likeness (QED) is 0.659. The molecule has 0 amide bonds. The third kappa shape index (κ3) is 5.22. The minimum atomic E-state index is -0.892. The average molecular weight is 260 g/mol. The van der Waals surface area contributed by atoms with E-state index in [0.29, 0.717) is 0 Å². The Morgan fingerprint density at radius 3 is 1.44 bits per heavy atom. The first-order valence-electron chi connectivity index (χ1n) is 7.36. The lowest BCUT2D eigenvalue weighted by Gasteiger charge is -2.37. The Hall–Kier alpha value is -0.160. The average Bonchev–Trinajstić information content (AvgIpc) is 2.35. The van der Waals surface area contributed by atoms with Gasteiger partial charge in [-0.1, -0.05) is 52.4 Å². The fourth-order valence-electron chi connectivity index (χ4n) is 2.28. The molecule has 0 aliphatic carbocycles. The van der Waals surface area contributed by atoms with Gasteiger partial charge in [-0.25, -0.2) is 0 Å². The van der Waals surface area contributed by atoms with Crippen molar-refractivity contribution in [3.05, 3.63) is 0 Å². The molecule has 1 aliphatic rings. The third-order valence-electron chi connectivity index (χ3n) is 3.45. The Kier molecular flexibility index (Phi) is 7.82. The van der Waals surface area contributed by atoms with Crippen molar-refractivity contribution in [2.45, 2.75) is 90.0 Å². The number of rotatable bonds is 8. The summed E-state index contributed by atoms with van der Waals surface area (Å²) >= 11 is 0. The van der Waals surface area contributed by atoms with Crippen LogP contribution in [0.2, 0.25) is 0 Å². The molecule has 108 valence electrons. The van der Waals surface area contributed by atoms with Crippen LogP contribution in [0.25, 0.3) is 0 Å². The van der Waals surface area contributed by atoms with Crippen molar-refractivity contribution in [1.82, 2.24) is 0 Å². The summed E-state index contributed by atoms with van der Waals surface area (Å²) in [5.74, 6) is 0. The topological polar surface area (TPSA) is 58.9 Å². The van der Waals surface area contributed by atoms with E-state index in [0.717, 1.165) is 51.4 Å². The van der Waals surface area contributed by atoms with Crippen LogP contribution in [-0.2, 0) is 9.47 Å². The van der Waals surface area contributed by atoms with Crippen molar-refractivity contribution in [2.24, 2.45) is 0 Å². The molecule has 0 radical (unpaired) electrons. The summed E-state index contributed by atoms with van der Waals surface area (Å²) in [5.41, 5.74) is 0. The monoisotopic (exact) mass is 260 g/mol. The smallest absolute Gasteiger partial charge is 0.181 e. The van der Waals surface area contributed by atoms with Crippen LogP contribution in [0, 0.1) is 0 Å². The molecule has 1 saturated heterocycles. The largest absolute Gasteiger partial charge is 0.366 e. The van der Waals surface area contributed by atoms with Crippen LogP contribution >= 0.6 is 0 Å². The molecule has 0 spiro atoms. The Labute approximate surface area is 110 Å². The van der Waals surface area contributed by atoms with E-state index in [1.165, 1.54) is 0 Å². The van der Waals surface area contributed by atoms with Crippen LogP contribution in [-0.4, -0.2) is 35.0 Å². The molecular formula is C14H28O4. The van der Waals surface area contributed by atoms with Gasteiger partial charge in [0.15, 0.2) is 12.6 Å². The summed E-state index contributed by atoms with van der Waals surface area (Å²) in [6, 6.07) is 0. The minimum absolute atomic E-state index is 0.381. The number of aliphatic hydroxyl groups excluding tert-OH is 2. The van der Waals surface area contributed by atoms with Gasteiger partial charge in [-0.15, -0.1) is 0 Å². The second-order valence-electron chi connectivity index (χ2n) is 5.12. The standard InChI is InChI=1S/C14H28O4/c1-3-5-7-9-11-13(15)18-12(14(16)17-11)10-8-6-4-2/h11-16H,3-10H2,1-2H3. The van der Waals surface area contributed by atoms with Crippen LogP contribution in [0.4, 0.5) is 0 Å². The van der Waals surface area contributed by atoms with Gasteiger partial charge in [-0.05, 0) is 12.8 Å². The highest BCUT2D eigenvalue weighted by molar-refractivity contribution is 4.74. The van der Waals surface area contributed by atoms with Crippen molar-refractivity contribution < 1.29 is 19.7 Å². The van der Waals surface area contributed by atoms with Crippen molar-refractivity contribution >= 4 is 0 Å². The van der Waals surface area contributed by atoms with Gasteiger partial charge in [0.2, 0.25) is 0 Å². The highest BCUT2D eigenvalue weighted by atomic mass is 16.7. The Morgan fingerprint density at radius 2 is 1.11 bits per heavy atom. The molecule has 1 heterocycles. The summed E-state index contributed by atoms with van der Waals surface area (Å²) in [6.45, 7) is 4.26. The summed E-state index contributed by atoms with van der Waals surface area (Å²) < 4.78 is 10.9. The number of aliphatic hydroxyl groups is 2. The van der Waals surface area contributed by atoms with Crippen molar-refractivity contribution in [1.29, 1.82) is 0 Å². The molecule has 1 aliphatic heterocycles. The van der Waals surface area contributed by atoms with Gasteiger partial charge in [-0.3, -0.25) is 0 Å². The third-order valence-corrected chi connectivity index (χ3v) is 3.45.